The number of nitrogens with zero attached hydrogens (tertiary/aromatic N) is 1. The Morgan fingerprint density at radius 2 is 2.15 bits per heavy atom. The Kier molecular flexibility index (Phi) is 3.32. The first-order valence-electron chi connectivity index (χ1n) is 4.22. The summed E-state index contributed by atoms with van der Waals surface area (Å²) in [5, 5.41) is 18.2. The number of hydrogen-bond acceptors (Lipinski definition) is 3. The van der Waals surface area contributed by atoms with Gasteiger partial charge in [-0.05, 0) is 13.3 Å². The molecule has 13 heavy (non-hydrogen) atoms. The molecule has 1 aliphatic rings. The molecule has 0 aromatic heterocycles. The van der Waals surface area contributed by atoms with E-state index in [4.69, 9.17) is 10.2 Å². The predicted octanol–water partition coefficient (Wildman–Crippen LogP) is -0.275. The fourth-order valence-corrected chi connectivity index (χ4v) is 1.85. The minimum Gasteiger partial charge on any atom is -0.394 e. The van der Waals surface area contributed by atoms with Gasteiger partial charge in [-0.3, -0.25) is 4.79 Å². The van der Waals surface area contributed by atoms with E-state index in [-0.39, 0.29) is 23.9 Å². The largest absolute Gasteiger partial charge is 0.394 e. The molecule has 4 nitrogen and oxygen atoms in total. The molecule has 1 amide bonds. The van der Waals surface area contributed by atoms with Crippen LogP contribution in [0, 0.1) is 0 Å². The number of rotatable bonds is 3. The van der Waals surface area contributed by atoms with Crippen molar-refractivity contribution in [1.82, 2.24) is 4.90 Å². The fraction of sp³-hybridized carbons (Fsp3) is 0.875. The van der Waals surface area contributed by atoms with E-state index < -0.39 is 5.54 Å². The zero-order valence-electron chi connectivity index (χ0n) is 7.53. The lowest BCUT2D eigenvalue weighted by atomic mass is 10.0. The van der Waals surface area contributed by atoms with Crippen molar-refractivity contribution < 1.29 is 15.0 Å². The van der Waals surface area contributed by atoms with Crippen LogP contribution in [0.2, 0.25) is 0 Å². The Labute approximate surface area is 85.7 Å². The summed E-state index contributed by atoms with van der Waals surface area (Å²) in [5.41, 5.74) is -0.820. The van der Waals surface area contributed by atoms with Crippen LogP contribution >= 0.6 is 15.9 Å². The van der Waals surface area contributed by atoms with Crippen LogP contribution in [0.5, 0.6) is 0 Å². The summed E-state index contributed by atoms with van der Waals surface area (Å²) in [4.78, 5) is 12.9. The second-order valence-corrected chi connectivity index (χ2v) is 4.66. The zero-order chi connectivity index (χ0) is 10.1. The van der Waals surface area contributed by atoms with E-state index in [0.29, 0.717) is 6.54 Å². The zero-order valence-corrected chi connectivity index (χ0v) is 9.12. The quantitative estimate of drug-likeness (QED) is 0.679. The van der Waals surface area contributed by atoms with Crippen LogP contribution in [0.4, 0.5) is 0 Å². The molecule has 1 atom stereocenters. The molecule has 0 radical (unpaired) electrons. The second kappa shape index (κ2) is 3.94. The molecule has 0 bridgehead atoms. The summed E-state index contributed by atoms with van der Waals surface area (Å²) < 4.78 is 0. The van der Waals surface area contributed by atoms with Crippen LogP contribution in [-0.4, -0.2) is 51.1 Å². The van der Waals surface area contributed by atoms with Crippen molar-refractivity contribution in [2.24, 2.45) is 0 Å². The third kappa shape index (κ3) is 1.87. The van der Waals surface area contributed by atoms with Crippen LogP contribution in [0.1, 0.15) is 13.3 Å². The van der Waals surface area contributed by atoms with Gasteiger partial charge in [0.25, 0.3) is 0 Å². The molecular weight excluding hydrogens is 238 g/mol. The maximum absolute atomic E-state index is 11.5. The van der Waals surface area contributed by atoms with Gasteiger partial charge in [-0.1, -0.05) is 15.9 Å². The Hall–Kier alpha value is -0.130. The van der Waals surface area contributed by atoms with Gasteiger partial charge >= 0.3 is 0 Å². The summed E-state index contributed by atoms with van der Waals surface area (Å²) in [6.07, 6.45) is 0.731. The van der Waals surface area contributed by atoms with E-state index in [9.17, 15) is 4.79 Å². The van der Waals surface area contributed by atoms with Crippen molar-refractivity contribution in [1.29, 1.82) is 0 Å². The van der Waals surface area contributed by atoms with Gasteiger partial charge in [0.1, 0.15) is 0 Å². The van der Waals surface area contributed by atoms with Crippen molar-refractivity contribution in [3.63, 3.8) is 0 Å². The lowest BCUT2D eigenvalue weighted by molar-refractivity contribution is -0.135. The maximum Gasteiger partial charge on any atom is 0.237 e. The minimum atomic E-state index is -0.820. The Morgan fingerprint density at radius 3 is 2.46 bits per heavy atom. The Morgan fingerprint density at radius 1 is 1.62 bits per heavy atom. The number of aliphatic hydroxyl groups excluding tert-OH is 2. The highest BCUT2D eigenvalue weighted by molar-refractivity contribution is 9.10. The number of carbonyl (C=O) groups is 1. The van der Waals surface area contributed by atoms with Gasteiger partial charge in [-0.15, -0.1) is 0 Å². The summed E-state index contributed by atoms with van der Waals surface area (Å²) in [6.45, 7) is 1.84. The molecule has 0 saturated carbocycles. The van der Waals surface area contributed by atoms with Gasteiger partial charge in [-0.2, -0.15) is 0 Å². The molecule has 1 saturated heterocycles. The Bertz CT molecular complexity index is 206. The summed E-state index contributed by atoms with van der Waals surface area (Å²) in [5.74, 6) is -0.0504. The highest BCUT2D eigenvalue weighted by atomic mass is 79.9. The van der Waals surface area contributed by atoms with Gasteiger partial charge in [0.2, 0.25) is 5.91 Å². The first kappa shape index (κ1) is 10.9. The highest BCUT2D eigenvalue weighted by Crippen LogP contribution is 2.25. The Balaban J connectivity index is 2.76. The standard InChI is InChI=1S/C8H14BrNO3/c1-8(4-11,5-12)10-3-2-6(9)7(10)13/h6,11-12H,2-5H2,1H3. The molecule has 0 spiro atoms. The molecule has 1 fully saturated rings. The number of hydrogen-bond donors (Lipinski definition) is 2. The van der Waals surface area contributed by atoms with Gasteiger partial charge in [-0.25, -0.2) is 0 Å². The molecular formula is C8H14BrNO3. The monoisotopic (exact) mass is 251 g/mol. The summed E-state index contributed by atoms with van der Waals surface area (Å²) in [6, 6.07) is 0. The molecule has 1 aliphatic heterocycles. The predicted molar refractivity (Wildman–Crippen MR) is 51.6 cm³/mol. The van der Waals surface area contributed by atoms with Crippen molar-refractivity contribution in [2.75, 3.05) is 19.8 Å². The van der Waals surface area contributed by atoms with Crippen LogP contribution < -0.4 is 0 Å². The number of amides is 1. The third-order valence-electron chi connectivity index (χ3n) is 2.47. The van der Waals surface area contributed by atoms with Crippen molar-refractivity contribution in [3.8, 4) is 0 Å². The first-order chi connectivity index (χ1) is 6.05. The van der Waals surface area contributed by atoms with E-state index >= 15 is 0 Å². The highest BCUT2D eigenvalue weighted by Gasteiger charge is 2.40. The molecule has 76 valence electrons. The van der Waals surface area contributed by atoms with Crippen molar-refractivity contribution in [2.45, 2.75) is 23.7 Å². The molecule has 1 rings (SSSR count). The molecule has 2 N–H and O–H groups in total. The smallest absolute Gasteiger partial charge is 0.237 e. The van der Waals surface area contributed by atoms with Gasteiger partial charge in [0.05, 0.1) is 23.6 Å². The summed E-state index contributed by atoms with van der Waals surface area (Å²) >= 11 is 3.24. The first-order valence-corrected chi connectivity index (χ1v) is 5.14. The average Bonchev–Trinajstić information content (AvgIpc) is 2.47. The minimum absolute atomic E-state index is 0.0504. The normalized spacial score (nSPS) is 24.2. The molecule has 5 heteroatoms. The lowest BCUT2D eigenvalue weighted by Crippen LogP contribution is -2.53. The SMILES string of the molecule is CC(CO)(CO)N1CCC(Br)C1=O. The topological polar surface area (TPSA) is 60.8 Å². The summed E-state index contributed by atoms with van der Waals surface area (Å²) in [7, 11) is 0. The van der Waals surface area contributed by atoms with E-state index in [2.05, 4.69) is 15.9 Å². The number of carbonyl (C=O) groups excluding carboxylic acids is 1. The number of halogens is 1. The van der Waals surface area contributed by atoms with Crippen LogP contribution in [0.25, 0.3) is 0 Å². The van der Waals surface area contributed by atoms with Crippen molar-refractivity contribution >= 4 is 21.8 Å². The molecule has 0 aromatic rings. The molecule has 1 heterocycles. The van der Waals surface area contributed by atoms with Crippen LogP contribution in [0.3, 0.4) is 0 Å². The van der Waals surface area contributed by atoms with E-state index in [0.717, 1.165) is 6.42 Å². The molecule has 1 unspecified atom stereocenters. The average molecular weight is 252 g/mol. The number of likely N-dealkylation sites (tertiary alicyclic amines) is 1. The fourth-order valence-electron chi connectivity index (χ4n) is 1.40. The van der Waals surface area contributed by atoms with Crippen LogP contribution in [0.15, 0.2) is 0 Å². The maximum atomic E-state index is 11.5. The van der Waals surface area contributed by atoms with E-state index in [1.807, 2.05) is 0 Å². The molecule has 0 aromatic carbocycles. The van der Waals surface area contributed by atoms with Gasteiger partial charge < -0.3 is 15.1 Å². The second-order valence-electron chi connectivity index (χ2n) is 3.56. The van der Waals surface area contributed by atoms with Crippen LogP contribution in [-0.2, 0) is 4.79 Å². The number of aliphatic hydroxyl groups is 2. The number of alkyl halides is 1. The third-order valence-corrected chi connectivity index (χ3v) is 3.32. The van der Waals surface area contributed by atoms with E-state index in [1.54, 1.807) is 6.92 Å². The van der Waals surface area contributed by atoms with Crippen molar-refractivity contribution in [3.05, 3.63) is 0 Å². The van der Waals surface area contributed by atoms with Gasteiger partial charge in [0.15, 0.2) is 0 Å². The molecule has 0 aliphatic carbocycles. The lowest BCUT2D eigenvalue weighted by Gasteiger charge is -2.35. The van der Waals surface area contributed by atoms with E-state index in [1.165, 1.54) is 4.90 Å². The van der Waals surface area contributed by atoms with Gasteiger partial charge in [0, 0.05) is 6.54 Å².